The van der Waals surface area contributed by atoms with E-state index < -0.39 is 0 Å². The number of ether oxygens (including phenoxy) is 3. The highest BCUT2D eigenvalue weighted by molar-refractivity contribution is 6.31. The van der Waals surface area contributed by atoms with E-state index in [2.05, 4.69) is 36.4 Å². The van der Waals surface area contributed by atoms with Gasteiger partial charge in [0.15, 0.2) is 0 Å². The second kappa shape index (κ2) is 15.6. The fourth-order valence-corrected chi connectivity index (χ4v) is 11.7. The summed E-state index contributed by atoms with van der Waals surface area (Å²) in [7, 11) is 0. The molecule has 1 aromatic heterocycles. The van der Waals surface area contributed by atoms with Gasteiger partial charge in [-0.2, -0.15) is 0 Å². The number of hydrogen-bond acceptors (Lipinski definition) is 9. The number of pyridine rings is 1. The molecule has 51 heavy (non-hydrogen) atoms. The van der Waals surface area contributed by atoms with Crippen LogP contribution >= 0.6 is 11.6 Å². The van der Waals surface area contributed by atoms with E-state index in [-0.39, 0.29) is 64.8 Å². The van der Waals surface area contributed by atoms with Gasteiger partial charge in [-0.1, -0.05) is 32.4 Å². The first kappa shape index (κ1) is 37.8. The van der Waals surface area contributed by atoms with E-state index in [9.17, 15) is 14.4 Å². The Bertz CT molecular complexity index is 1590. The molecule has 6 rings (SSSR count). The van der Waals surface area contributed by atoms with E-state index in [4.69, 9.17) is 25.8 Å². The number of hydrogen-bond donors (Lipinski definition) is 2. The number of nitrogens with zero attached hydrogens (tertiary/aromatic N) is 1. The van der Waals surface area contributed by atoms with Crippen LogP contribution in [0, 0.1) is 46.3 Å². The van der Waals surface area contributed by atoms with Crippen LogP contribution in [-0.2, 0) is 28.6 Å². The van der Waals surface area contributed by atoms with Crippen molar-refractivity contribution in [1.29, 1.82) is 0 Å². The van der Waals surface area contributed by atoms with Crippen LogP contribution in [0.4, 0.5) is 5.69 Å². The first-order valence-electron chi connectivity index (χ1n) is 19.3. The van der Waals surface area contributed by atoms with Gasteiger partial charge in [-0.05, 0) is 124 Å². The van der Waals surface area contributed by atoms with Crippen molar-refractivity contribution in [3.8, 4) is 0 Å². The predicted molar refractivity (Wildman–Crippen MR) is 199 cm³/mol. The maximum absolute atomic E-state index is 12.7. The van der Waals surface area contributed by atoms with Gasteiger partial charge >= 0.3 is 17.9 Å². The number of esters is 3. The summed E-state index contributed by atoms with van der Waals surface area (Å²) in [4.78, 5) is 41.5. The van der Waals surface area contributed by atoms with Gasteiger partial charge in [-0.3, -0.25) is 19.4 Å². The maximum atomic E-state index is 12.7. The zero-order valence-corrected chi connectivity index (χ0v) is 32.1. The lowest BCUT2D eigenvalue weighted by molar-refractivity contribution is -0.224. The van der Waals surface area contributed by atoms with Crippen LogP contribution in [0.1, 0.15) is 99.3 Å². The number of anilines is 1. The molecule has 0 radical (unpaired) electrons. The number of halogens is 1. The lowest BCUT2D eigenvalue weighted by Gasteiger charge is -2.64. The normalized spacial score (nSPS) is 34.8. The van der Waals surface area contributed by atoms with Crippen molar-refractivity contribution in [3.05, 3.63) is 35.5 Å². The summed E-state index contributed by atoms with van der Waals surface area (Å²) in [5, 5.41) is 8.90. The monoisotopic (exact) mass is 723 g/mol. The van der Waals surface area contributed by atoms with E-state index in [1.165, 1.54) is 13.8 Å². The van der Waals surface area contributed by atoms with Crippen molar-refractivity contribution in [2.75, 3.05) is 25.0 Å². The molecule has 280 valence electrons. The minimum absolute atomic E-state index is 0.000141. The lowest BCUT2D eigenvalue weighted by atomic mass is 9.43. The van der Waals surface area contributed by atoms with Crippen LogP contribution in [0.2, 0.25) is 5.02 Å². The molecule has 0 saturated heterocycles. The average molecular weight is 724 g/mol. The van der Waals surface area contributed by atoms with Gasteiger partial charge in [-0.15, -0.1) is 0 Å². The maximum Gasteiger partial charge on any atom is 0.302 e. The van der Waals surface area contributed by atoms with Crippen molar-refractivity contribution in [1.82, 2.24) is 10.3 Å². The van der Waals surface area contributed by atoms with E-state index >= 15 is 0 Å². The first-order chi connectivity index (χ1) is 24.3. The zero-order chi connectivity index (χ0) is 36.5. The summed E-state index contributed by atoms with van der Waals surface area (Å²) in [6.45, 7) is 14.3. The molecule has 9 nitrogen and oxygen atoms in total. The van der Waals surface area contributed by atoms with Crippen LogP contribution < -0.4 is 10.6 Å². The molecule has 4 fully saturated rings. The lowest BCUT2D eigenvalue weighted by Crippen LogP contribution is -2.63. The molecule has 4 aliphatic carbocycles. The van der Waals surface area contributed by atoms with Gasteiger partial charge < -0.3 is 24.8 Å². The number of carbonyl (C=O) groups excluding carboxylic acids is 3. The largest absolute Gasteiger partial charge is 0.463 e. The first-order valence-corrected chi connectivity index (χ1v) is 19.7. The standard InChI is InChI=1S/C41H58ClN3O6/c1-24(8-7-16-43-18-19-45-35-14-17-44-36-22-29(42)9-10-31(35)36)32-11-12-33-39-34(23-38(41(32,33)6)51-27(4)48)40(5)15-13-30(49-25(2)46)20-28(40)21-37(39)50-26(3)47/h9-10,14,17,22,24,28,30,32-34,37-39,43H,7-8,11-13,15-16,18-21,23H2,1-6H3,(H,44,45)/t24?,28-,30+,32+,33?,34?,37+,38-,39?,40-,41+/m0/s1. The Hall–Kier alpha value is -2.91. The van der Waals surface area contributed by atoms with Crippen molar-refractivity contribution in [3.63, 3.8) is 0 Å². The van der Waals surface area contributed by atoms with Crippen molar-refractivity contribution in [2.45, 2.75) is 118 Å². The smallest absolute Gasteiger partial charge is 0.302 e. The third-order valence-electron chi connectivity index (χ3n) is 13.7. The highest BCUT2D eigenvalue weighted by Crippen LogP contribution is 2.69. The van der Waals surface area contributed by atoms with Gasteiger partial charge in [-0.25, -0.2) is 0 Å². The van der Waals surface area contributed by atoms with Crippen LogP contribution in [0.25, 0.3) is 10.9 Å². The molecule has 11 atom stereocenters. The number of nitrogens with one attached hydrogen (secondary N) is 2. The highest BCUT2D eigenvalue weighted by atomic mass is 35.5. The Morgan fingerprint density at radius 3 is 2.43 bits per heavy atom. The minimum Gasteiger partial charge on any atom is -0.463 e. The predicted octanol–water partition coefficient (Wildman–Crippen LogP) is 7.98. The van der Waals surface area contributed by atoms with Gasteiger partial charge in [0.1, 0.15) is 18.3 Å². The molecule has 4 aliphatic rings. The van der Waals surface area contributed by atoms with Gasteiger partial charge in [0.25, 0.3) is 0 Å². The van der Waals surface area contributed by atoms with Crippen molar-refractivity contribution >= 4 is 46.1 Å². The molecular weight excluding hydrogens is 666 g/mol. The molecule has 2 aromatic rings. The fraction of sp³-hybridized carbons (Fsp3) is 0.707. The molecule has 0 bridgehead atoms. The topological polar surface area (TPSA) is 116 Å². The van der Waals surface area contributed by atoms with E-state index in [1.807, 2.05) is 30.5 Å². The van der Waals surface area contributed by atoms with Gasteiger partial charge in [0.2, 0.25) is 0 Å². The van der Waals surface area contributed by atoms with Crippen molar-refractivity contribution < 1.29 is 28.6 Å². The summed E-state index contributed by atoms with van der Waals surface area (Å²) in [5.74, 6) is 1.23. The number of rotatable bonds is 12. The third kappa shape index (κ3) is 7.76. The average Bonchev–Trinajstić information content (AvgIpc) is 3.42. The quantitative estimate of drug-likeness (QED) is 0.128. The third-order valence-corrected chi connectivity index (χ3v) is 14.0. The second-order valence-corrected chi connectivity index (χ2v) is 17.0. The molecule has 0 amide bonds. The minimum atomic E-state index is -0.239. The SMILES string of the molecule is CC(=O)O[C@@H]1CC[C@]2(C)C3C[C@H](OC(C)=O)[C@@]4(C)C(CC[C@@H]4C(C)CCCNCCNc4ccnc5cc(Cl)ccc45)C3[C@H](OC(C)=O)C[C@@H]2C1. The molecule has 1 aromatic carbocycles. The Balaban J connectivity index is 1.10. The van der Waals surface area contributed by atoms with Crippen LogP contribution in [-0.4, -0.2) is 60.8 Å². The Labute approximate surface area is 308 Å². The van der Waals surface area contributed by atoms with Crippen LogP contribution in [0.3, 0.4) is 0 Å². The number of aromatic nitrogens is 1. The molecule has 10 heteroatoms. The fourth-order valence-electron chi connectivity index (χ4n) is 11.6. The molecule has 0 aliphatic heterocycles. The van der Waals surface area contributed by atoms with E-state index in [0.717, 1.165) is 94.0 Å². The summed E-state index contributed by atoms with van der Waals surface area (Å²) < 4.78 is 18.3. The molecular formula is C41H58ClN3O6. The number of carbonyl (C=O) groups is 3. The Morgan fingerprint density at radius 2 is 1.69 bits per heavy atom. The zero-order valence-electron chi connectivity index (χ0n) is 31.3. The molecule has 2 N–H and O–H groups in total. The van der Waals surface area contributed by atoms with E-state index in [1.54, 1.807) is 6.92 Å². The Kier molecular flexibility index (Phi) is 11.6. The summed E-state index contributed by atoms with van der Waals surface area (Å²) in [6.07, 6.45) is 9.82. The van der Waals surface area contributed by atoms with Crippen LogP contribution in [0.5, 0.6) is 0 Å². The molecule has 4 unspecified atom stereocenters. The number of fused-ring (bicyclic) bond motifs is 6. The second-order valence-electron chi connectivity index (χ2n) is 16.6. The Morgan fingerprint density at radius 1 is 0.922 bits per heavy atom. The molecule has 4 saturated carbocycles. The van der Waals surface area contributed by atoms with Gasteiger partial charge in [0, 0.05) is 67.5 Å². The summed E-state index contributed by atoms with van der Waals surface area (Å²) in [5.41, 5.74) is 1.74. The van der Waals surface area contributed by atoms with Crippen molar-refractivity contribution in [2.24, 2.45) is 46.3 Å². The number of benzene rings is 1. The van der Waals surface area contributed by atoms with Crippen LogP contribution in [0.15, 0.2) is 30.5 Å². The molecule has 0 spiro atoms. The summed E-state index contributed by atoms with van der Waals surface area (Å²) in [6, 6.07) is 7.79. The molecule has 1 heterocycles. The van der Waals surface area contributed by atoms with Gasteiger partial charge in [0.05, 0.1) is 5.52 Å². The van der Waals surface area contributed by atoms with E-state index in [0.29, 0.717) is 22.8 Å². The summed E-state index contributed by atoms with van der Waals surface area (Å²) >= 11 is 6.15. The highest BCUT2D eigenvalue weighted by Gasteiger charge is 2.67.